The van der Waals surface area contributed by atoms with Gasteiger partial charge in [-0.3, -0.25) is 14.6 Å². The normalized spacial score (nSPS) is 19.9. The van der Waals surface area contributed by atoms with Crippen LogP contribution in [0.3, 0.4) is 0 Å². The summed E-state index contributed by atoms with van der Waals surface area (Å²) in [6, 6.07) is 8.30. The number of aromatic amines is 2. The van der Waals surface area contributed by atoms with E-state index in [1.54, 1.807) is 0 Å². The van der Waals surface area contributed by atoms with Gasteiger partial charge in [0.25, 0.3) is 5.56 Å². The maximum Gasteiger partial charge on any atom is 0.325 e. The highest BCUT2D eigenvalue weighted by Crippen LogP contribution is 2.37. The molecule has 0 bridgehead atoms. The van der Waals surface area contributed by atoms with Crippen LogP contribution in [0, 0.1) is 5.92 Å². The van der Waals surface area contributed by atoms with Crippen molar-refractivity contribution in [3.8, 4) is 0 Å². The fourth-order valence-electron chi connectivity index (χ4n) is 4.89. The minimum absolute atomic E-state index is 0.0217. The maximum absolute atomic E-state index is 13.7. The number of aryl methyl sites for hydroxylation is 1. The van der Waals surface area contributed by atoms with Crippen molar-refractivity contribution in [2.45, 2.75) is 70.4 Å². The van der Waals surface area contributed by atoms with Gasteiger partial charge >= 0.3 is 5.69 Å². The SMILES string of the molecule is O=C(C1CCCCCC1)N(Cc1c[nH]c(=O)[nH]c1=O)[C@H]1CCCc2ccccc21. The summed E-state index contributed by atoms with van der Waals surface area (Å²) in [4.78, 5) is 44.2. The van der Waals surface area contributed by atoms with Crippen LogP contribution in [0.1, 0.15) is 74.1 Å². The van der Waals surface area contributed by atoms with E-state index in [4.69, 9.17) is 0 Å². The first-order valence-electron chi connectivity index (χ1n) is 10.8. The van der Waals surface area contributed by atoms with Crippen LogP contribution in [0.2, 0.25) is 0 Å². The highest BCUT2D eigenvalue weighted by atomic mass is 16.2. The van der Waals surface area contributed by atoms with E-state index < -0.39 is 11.2 Å². The monoisotopic (exact) mass is 395 g/mol. The lowest BCUT2D eigenvalue weighted by molar-refractivity contribution is -0.139. The van der Waals surface area contributed by atoms with Gasteiger partial charge in [-0.1, -0.05) is 49.9 Å². The van der Waals surface area contributed by atoms with Crippen LogP contribution in [0.25, 0.3) is 0 Å². The molecule has 1 aromatic carbocycles. The van der Waals surface area contributed by atoms with Crippen molar-refractivity contribution in [3.63, 3.8) is 0 Å². The summed E-state index contributed by atoms with van der Waals surface area (Å²) in [5, 5.41) is 0. The van der Waals surface area contributed by atoms with Crippen LogP contribution < -0.4 is 11.2 Å². The Hall–Kier alpha value is -2.63. The second kappa shape index (κ2) is 8.80. The number of benzene rings is 1. The topological polar surface area (TPSA) is 86.0 Å². The summed E-state index contributed by atoms with van der Waals surface area (Å²) in [6.07, 6.45) is 10.8. The number of aromatic nitrogens is 2. The molecule has 0 spiro atoms. The molecule has 1 heterocycles. The van der Waals surface area contributed by atoms with E-state index in [0.717, 1.165) is 44.9 Å². The number of hydrogen-bond acceptors (Lipinski definition) is 3. The molecular weight excluding hydrogens is 366 g/mol. The second-order valence-corrected chi connectivity index (χ2v) is 8.36. The highest BCUT2D eigenvalue weighted by Gasteiger charge is 2.33. The first kappa shape index (κ1) is 19.7. The fourth-order valence-corrected chi connectivity index (χ4v) is 4.89. The largest absolute Gasteiger partial charge is 0.331 e. The predicted molar refractivity (Wildman–Crippen MR) is 112 cm³/mol. The van der Waals surface area contributed by atoms with Crippen LogP contribution in [-0.4, -0.2) is 20.8 Å². The van der Waals surface area contributed by atoms with Crippen LogP contribution in [0.5, 0.6) is 0 Å². The predicted octanol–water partition coefficient (Wildman–Crippen LogP) is 3.44. The molecule has 1 saturated carbocycles. The average molecular weight is 396 g/mol. The quantitative estimate of drug-likeness (QED) is 0.778. The minimum Gasteiger partial charge on any atom is -0.331 e. The van der Waals surface area contributed by atoms with Gasteiger partial charge in [0.2, 0.25) is 5.91 Å². The number of amides is 1. The molecule has 1 atom stereocenters. The first-order valence-corrected chi connectivity index (χ1v) is 10.8. The molecule has 1 amide bonds. The van der Waals surface area contributed by atoms with E-state index >= 15 is 0 Å². The van der Waals surface area contributed by atoms with Crippen LogP contribution in [-0.2, 0) is 17.8 Å². The second-order valence-electron chi connectivity index (χ2n) is 8.36. The van der Waals surface area contributed by atoms with Gasteiger partial charge in [0, 0.05) is 12.1 Å². The Balaban J connectivity index is 1.70. The number of carbonyl (C=O) groups excluding carboxylic acids is 1. The van der Waals surface area contributed by atoms with Gasteiger partial charge in [0.05, 0.1) is 18.2 Å². The zero-order valence-electron chi connectivity index (χ0n) is 16.8. The summed E-state index contributed by atoms with van der Waals surface area (Å²) in [5.41, 5.74) is 1.97. The summed E-state index contributed by atoms with van der Waals surface area (Å²) in [5.74, 6) is 0.174. The molecule has 4 rings (SSSR count). The Labute approximate surface area is 170 Å². The van der Waals surface area contributed by atoms with Crippen LogP contribution >= 0.6 is 0 Å². The van der Waals surface area contributed by atoms with Crippen molar-refractivity contribution in [1.82, 2.24) is 14.9 Å². The summed E-state index contributed by atoms with van der Waals surface area (Å²) < 4.78 is 0. The zero-order chi connectivity index (χ0) is 20.2. The number of H-pyrrole nitrogens is 2. The lowest BCUT2D eigenvalue weighted by atomic mass is 9.85. The molecule has 6 nitrogen and oxygen atoms in total. The van der Waals surface area contributed by atoms with Gasteiger partial charge in [-0.2, -0.15) is 0 Å². The number of carbonyl (C=O) groups is 1. The molecular formula is C23H29N3O3. The van der Waals surface area contributed by atoms with E-state index in [0.29, 0.717) is 5.56 Å². The van der Waals surface area contributed by atoms with E-state index in [1.807, 2.05) is 17.0 Å². The maximum atomic E-state index is 13.7. The van der Waals surface area contributed by atoms with Gasteiger partial charge in [-0.25, -0.2) is 4.79 Å². The smallest absolute Gasteiger partial charge is 0.325 e. The number of rotatable bonds is 4. The van der Waals surface area contributed by atoms with E-state index in [9.17, 15) is 14.4 Å². The molecule has 0 aliphatic heterocycles. The van der Waals surface area contributed by atoms with Gasteiger partial charge < -0.3 is 9.88 Å². The lowest BCUT2D eigenvalue weighted by Crippen LogP contribution is -2.41. The Kier molecular flexibility index (Phi) is 5.97. The standard InChI is InChI=1S/C23H29N3O3/c27-21-18(14-24-23(29)25-21)15-26(22(28)17-9-3-1-2-4-10-17)20-13-7-11-16-8-5-6-12-19(16)20/h5-6,8,12,14,17,20H,1-4,7,9-11,13,15H2,(H2,24,25,27,29)/t20-/m0/s1. The molecule has 0 unspecified atom stereocenters. The third-order valence-corrected chi connectivity index (χ3v) is 6.44. The Bertz CT molecular complexity index is 970. The van der Waals surface area contributed by atoms with Crippen molar-refractivity contribution in [1.29, 1.82) is 0 Å². The molecule has 0 radical (unpaired) electrons. The van der Waals surface area contributed by atoms with Gasteiger partial charge in [-0.05, 0) is 43.2 Å². The molecule has 2 N–H and O–H groups in total. The number of hydrogen-bond donors (Lipinski definition) is 2. The third-order valence-electron chi connectivity index (χ3n) is 6.44. The molecule has 1 aromatic heterocycles. The minimum atomic E-state index is -0.525. The number of nitrogens with one attached hydrogen (secondary N) is 2. The summed E-state index contributed by atoms with van der Waals surface area (Å²) in [7, 11) is 0. The molecule has 29 heavy (non-hydrogen) atoms. The van der Waals surface area contributed by atoms with Gasteiger partial charge in [0.15, 0.2) is 0 Å². The first-order chi connectivity index (χ1) is 14.1. The van der Waals surface area contributed by atoms with Crippen molar-refractivity contribution >= 4 is 5.91 Å². The van der Waals surface area contributed by atoms with E-state index in [-0.39, 0.29) is 24.4 Å². The Morgan fingerprint density at radius 3 is 2.52 bits per heavy atom. The number of fused-ring (bicyclic) bond motifs is 1. The third kappa shape index (κ3) is 4.36. The van der Waals surface area contributed by atoms with Crippen molar-refractivity contribution in [3.05, 3.63) is 68.0 Å². The van der Waals surface area contributed by atoms with Crippen molar-refractivity contribution < 1.29 is 4.79 Å². The average Bonchev–Trinajstić information content (AvgIpc) is 3.02. The molecule has 0 saturated heterocycles. The van der Waals surface area contributed by atoms with Gasteiger partial charge in [0.1, 0.15) is 0 Å². The summed E-state index contributed by atoms with van der Waals surface area (Å²) >= 11 is 0. The highest BCUT2D eigenvalue weighted by molar-refractivity contribution is 5.79. The molecule has 6 heteroatoms. The van der Waals surface area contributed by atoms with E-state index in [1.165, 1.54) is 30.2 Å². The van der Waals surface area contributed by atoms with Crippen LogP contribution in [0.4, 0.5) is 0 Å². The summed E-state index contributed by atoms with van der Waals surface area (Å²) in [6.45, 7) is 0.223. The fraction of sp³-hybridized carbons (Fsp3) is 0.522. The molecule has 2 aromatic rings. The van der Waals surface area contributed by atoms with Crippen molar-refractivity contribution in [2.24, 2.45) is 5.92 Å². The van der Waals surface area contributed by atoms with Crippen molar-refractivity contribution in [2.75, 3.05) is 0 Å². The molecule has 2 aliphatic rings. The lowest BCUT2D eigenvalue weighted by Gasteiger charge is -2.37. The molecule has 154 valence electrons. The molecule has 2 aliphatic carbocycles. The Morgan fingerprint density at radius 2 is 1.76 bits per heavy atom. The van der Waals surface area contributed by atoms with Gasteiger partial charge in [-0.15, -0.1) is 0 Å². The Morgan fingerprint density at radius 1 is 1.00 bits per heavy atom. The zero-order valence-corrected chi connectivity index (χ0v) is 16.8. The number of nitrogens with zero attached hydrogens (tertiary/aromatic N) is 1. The molecule has 1 fully saturated rings. The van der Waals surface area contributed by atoms with E-state index in [2.05, 4.69) is 22.1 Å². The van der Waals surface area contributed by atoms with Crippen LogP contribution in [0.15, 0.2) is 40.1 Å².